The number of para-hydroxylation sites is 1. The Kier molecular flexibility index (Phi) is 4.01. The van der Waals surface area contributed by atoms with Crippen LogP contribution >= 0.6 is 0 Å². The zero-order valence-electron chi connectivity index (χ0n) is 12.0. The summed E-state index contributed by atoms with van der Waals surface area (Å²) in [5, 5.41) is 3.40. The number of hydrogen-bond acceptors (Lipinski definition) is 2. The molecular formula is C16H22FN3. The van der Waals surface area contributed by atoms with Gasteiger partial charge in [0.1, 0.15) is 11.3 Å². The summed E-state index contributed by atoms with van der Waals surface area (Å²) >= 11 is 0. The largest absolute Gasteiger partial charge is 0.328 e. The third-order valence-electron chi connectivity index (χ3n) is 4.19. The Morgan fingerprint density at radius 3 is 3.10 bits per heavy atom. The topological polar surface area (TPSA) is 29.9 Å². The molecule has 1 aliphatic heterocycles. The van der Waals surface area contributed by atoms with Gasteiger partial charge in [-0.05, 0) is 50.4 Å². The molecule has 0 aliphatic carbocycles. The molecule has 1 fully saturated rings. The molecule has 2 aromatic rings. The van der Waals surface area contributed by atoms with Crippen LogP contribution in [0.1, 0.15) is 32.0 Å². The lowest BCUT2D eigenvalue weighted by molar-refractivity contribution is 0.513. The Bertz CT molecular complexity index is 585. The molecule has 0 saturated carbocycles. The SMILES string of the molecule is CCCn1c(CCC2CCNC2)nc2c(F)cccc21. The van der Waals surface area contributed by atoms with Crippen molar-refractivity contribution in [3.63, 3.8) is 0 Å². The summed E-state index contributed by atoms with van der Waals surface area (Å²) in [7, 11) is 0. The fraction of sp³-hybridized carbons (Fsp3) is 0.562. The Hall–Kier alpha value is -1.42. The van der Waals surface area contributed by atoms with Gasteiger partial charge >= 0.3 is 0 Å². The van der Waals surface area contributed by atoms with Crippen molar-refractivity contribution in [2.24, 2.45) is 5.92 Å². The first-order chi connectivity index (χ1) is 9.79. The number of nitrogens with zero attached hydrogens (tertiary/aromatic N) is 2. The standard InChI is InChI=1S/C16H22FN3/c1-2-10-20-14-5-3-4-13(17)16(14)19-15(20)7-6-12-8-9-18-11-12/h3-5,12,18H,2,6-11H2,1H3. The van der Waals surface area contributed by atoms with Gasteiger partial charge in [0.05, 0.1) is 5.52 Å². The minimum absolute atomic E-state index is 0.207. The molecule has 1 aliphatic rings. The lowest BCUT2D eigenvalue weighted by Crippen LogP contribution is -2.11. The highest BCUT2D eigenvalue weighted by Crippen LogP contribution is 2.22. The number of imidazole rings is 1. The average molecular weight is 275 g/mol. The van der Waals surface area contributed by atoms with Crippen LogP contribution in [0.4, 0.5) is 4.39 Å². The average Bonchev–Trinajstić information content (AvgIpc) is 3.06. The molecule has 3 nitrogen and oxygen atoms in total. The van der Waals surface area contributed by atoms with Crippen LogP contribution in [0.2, 0.25) is 0 Å². The number of benzene rings is 1. The van der Waals surface area contributed by atoms with E-state index in [0.29, 0.717) is 5.52 Å². The predicted molar refractivity (Wildman–Crippen MR) is 79.3 cm³/mol. The van der Waals surface area contributed by atoms with Crippen molar-refractivity contribution in [3.8, 4) is 0 Å². The minimum Gasteiger partial charge on any atom is -0.328 e. The Morgan fingerprint density at radius 1 is 1.45 bits per heavy atom. The summed E-state index contributed by atoms with van der Waals surface area (Å²) in [5.74, 6) is 1.58. The highest BCUT2D eigenvalue weighted by Gasteiger charge is 2.17. The van der Waals surface area contributed by atoms with E-state index in [4.69, 9.17) is 0 Å². The smallest absolute Gasteiger partial charge is 0.151 e. The summed E-state index contributed by atoms with van der Waals surface area (Å²) in [6.45, 7) is 5.31. The quantitative estimate of drug-likeness (QED) is 0.908. The molecule has 0 bridgehead atoms. The zero-order valence-corrected chi connectivity index (χ0v) is 12.0. The van der Waals surface area contributed by atoms with Gasteiger partial charge < -0.3 is 9.88 Å². The Balaban J connectivity index is 1.87. The van der Waals surface area contributed by atoms with E-state index in [2.05, 4.69) is 21.8 Å². The first-order valence-electron chi connectivity index (χ1n) is 7.64. The van der Waals surface area contributed by atoms with Crippen LogP contribution < -0.4 is 5.32 Å². The third kappa shape index (κ3) is 2.57. The highest BCUT2D eigenvalue weighted by molar-refractivity contribution is 5.76. The summed E-state index contributed by atoms with van der Waals surface area (Å²) in [6, 6.07) is 5.24. The molecule has 3 rings (SSSR count). The lowest BCUT2D eigenvalue weighted by atomic mass is 10.0. The van der Waals surface area contributed by atoms with Gasteiger partial charge in [-0.3, -0.25) is 0 Å². The molecule has 108 valence electrons. The van der Waals surface area contributed by atoms with Gasteiger partial charge in [-0.25, -0.2) is 9.37 Å². The molecule has 0 amide bonds. The van der Waals surface area contributed by atoms with E-state index in [1.165, 1.54) is 12.5 Å². The third-order valence-corrected chi connectivity index (χ3v) is 4.19. The second kappa shape index (κ2) is 5.92. The molecule has 1 unspecified atom stereocenters. The van der Waals surface area contributed by atoms with Gasteiger partial charge in [-0.2, -0.15) is 0 Å². The molecule has 0 radical (unpaired) electrons. The molecule has 1 aromatic carbocycles. The molecule has 2 heterocycles. The summed E-state index contributed by atoms with van der Waals surface area (Å²) < 4.78 is 16.1. The number of aryl methyl sites for hydroxylation is 2. The number of hydrogen-bond donors (Lipinski definition) is 1. The van der Waals surface area contributed by atoms with E-state index in [9.17, 15) is 4.39 Å². The molecule has 1 atom stereocenters. The lowest BCUT2D eigenvalue weighted by Gasteiger charge is -2.10. The maximum atomic E-state index is 13.9. The number of halogens is 1. The molecular weight excluding hydrogens is 253 g/mol. The highest BCUT2D eigenvalue weighted by atomic mass is 19.1. The van der Waals surface area contributed by atoms with Crippen molar-refractivity contribution < 1.29 is 4.39 Å². The first-order valence-corrected chi connectivity index (χ1v) is 7.64. The fourth-order valence-corrected chi connectivity index (χ4v) is 3.12. The van der Waals surface area contributed by atoms with Crippen molar-refractivity contribution in [2.75, 3.05) is 13.1 Å². The minimum atomic E-state index is -0.207. The Morgan fingerprint density at radius 2 is 2.35 bits per heavy atom. The van der Waals surface area contributed by atoms with E-state index in [1.807, 2.05) is 6.07 Å². The number of rotatable bonds is 5. The van der Waals surface area contributed by atoms with Crippen LogP contribution in [0.15, 0.2) is 18.2 Å². The fourth-order valence-electron chi connectivity index (χ4n) is 3.12. The van der Waals surface area contributed by atoms with Gasteiger partial charge in [0, 0.05) is 13.0 Å². The first kappa shape index (κ1) is 13.6. The monoisotopic (exact) mass is 275 g/mol. The van der Waals surface area contributed by atoms with E-state index in [1.54, 1.807) is 6.07 Å². The van der Waals surface area contributed by atoms with Crippen LogP contribution in [-0.2, 0) is 13.0 Å². The van der Waals surface area contributed by atoms with Crippen molar-refractivity contribution in [1.29, 1.82) is 0 Å². The summed E-state index contributed by atoms with van der Waals surface area (Å²) in [5.41, 5.74) is 1.46. The normalized spacial score (nSPS) is 19.0. The molecule has 1 saturated heterocycles. The second-order valence-electron chi connectivity index (χ2n) is 5.68. The summed E-state index contributed by atoms with van der Waals surface area (Å²) in [6.07, 6.45) is 4.38. The van der Waals surface area contributed by atoms with Gasteiger partial charge in [0.15, 0.2) is 5.82 Å². The molecule has 1 aromatic heterocycles. The number of fused-ring (bicyclic) bond motifs is 1. The van der Waals surface area contributed by atoms with Gasteiger partial charge in [0.2, 0.25) is 0 Å². The van der Waals surface area contributed by atoms with Crippen LogP contribution in [-0.4, -0.2) is 22.6 Å². The molecule has 0 spiro atoms. The van der Waals surface area contributed by atoms with Gasteiger partial charge in [0.25, 0.3) is 0 Å². The van der Waals surface area contributed by atoms with Crippen LogP contribution in [0, 0.1) is 11.7 Å². The van der Waals surface area contributed by atoms with Crippen molar-refractivity contribution >= 4 is 11.0 Å². The van der Waals surface area contributed by atoms with E-state index < -0.39 is 0 Å². The second-order valence-corrected chi connectivity index (χ2v) is 5.68. The van der Waals surface area contributed by atoms with E-state index in [0.717, 1.165) is 56.2 Å². The van der Waals surface area contributed by atoms with Crippen LogP contribution in [0.3, 0.4) is 0 Å². The number of nitrogens with one attached hydrogen (secondary N) is 1. The maximum absolute atomic E-state index is 13.9. The molecule has 20 heavy (non-hydrogen) atoms. The van der Waals surface area contributed by atoms with Crippen LogP contribution in [0.25, 0.3) is 11.0 Å². The van der Waals surface area contributed by atoms with E-state index in [-0.39, 0.29) is 5.82 Å². The van der Waals surface area contributed by atoms with Crippen LogP contribution in [0.5, 0.6) is 0 Å². The number of aromatic nitrogens is 2. The van der Waals surface area contributed by atoms with E-state index >= 15 is 0 Å². The molecule has 4 heteroatoms. The van der Waals surface area contributed by atoms with Gasteiger partial charge in [-0.1, -0.05) is 13.0 Å². The Labute approximate surface area is 119 Å². The van der Waals surface area contributed by atoms with Crippen molar-refractivity contribution in [3.05, 3.63) is 29.8 Å². The maximum Gasteiger partial charge on any atom is 0.151 e. The molecule has 1 N–H and O–H groups in total. The predicted octanol–water partition coefficient (Wildman–Crippen LogP) is 3.13. The van der Waals surface area contributed by atoms with Gasteiger partial charge in [-0.15, -0.1) is 0 Å². The van der Waals surface area contributed by atoms with Crippen molar-refractivity contribution in [2.45, 2.75) is 39.2 Å². The van der Waals surface area contributed by atoms with Crippen molar-refractivity contribution in [1.82, 2.24) is 14.9 Å². The summed E-state index contributed by atoms with van der Waals surface area (Å²) in [4.78, 5) is 4.56. The zero-order chi connectivity index (χ0) is 13.9.